The zero-order chi connectivity index (χ0) is 73.7. The molecule has 5 atom stereocenters. The minimum absolute atomic E-state index is 0.0839. The van der Waals surface area contributed by atoms with Crippen LogP contribution in [-0.2, 0) is 65.4 Å². The first kappa shape index (κ1) is 97.5. The summed E-state index contributed by atoms with van der Waals surface area (Å²) in [6, 6.07) is 0. The summed E-state index contributed by atoms with van der Waals surface area (Å²) in [4.78, 5) is 72.9. The van der Waals surface area contributed by atoms with Gasteiger partial charge in [-0.3, -0.25) is 37.3 Å². The lowest BCUT2D eigenvalue weighted by molar-refractivity contribution is -0.161. The third kappa shape index (κ3) is 73.8. The van der Waals surface area contributed by atoms with Crippen LogP contribution in [-0.4, -0.2) is 96.7 Å². The summed E-state index contributed by atoms with van der Waals surface area (Å²) < 4.78 is 68.6. The van der Waals surface area contributed by atoms with Crippen molar-refractivity contribution in [3.63, 3.8) is 0 Å². The fourth-order valence-corrected chi connectivity index (χ4v) is 13.5. The van der Waals surface area contributed by atoms with Gasteiger partial charge in [-0.1, -0.05) is 342 Å². The van der Waals surface area contributed by atoms with Gasteiger partial charge >= 0.3 is 39.5 Å². The Balaban J connectivity index is 5.26. The quantitative estimate of drug-likeness (QED) is 0.0169. The Bertz CT molecular complexity index is 2030. The fraction of sp³-hybridized carbons (Fsp3) is 0.901. The molecule has 0 aromatic heterocycles. The van der Waals surface area contributed by atoms with Gasteiger partial charge in [-0.2, -0.15) is 0 Å². The lowest BCUT2D eigenvalue weighted by Crippen LogP contribution is -2.30. The second-order valence-electron chi connectivity index (χ2n) is 29.9. The van der Waals surface area contributed by atoms with Crippen LogP contribution in [0, 0.1) is 17.8 Å². The van der Waals surface area contributed by atoms with Crippen LogP contribution in [0.25, 0.3) is 0 Å². The van der Waals surface area contributed by atoms with Crippen molar-refractivity contribution >= 4 is 39.5 Å². The van der Waals surface area contributed by atoms with E-state index in [1.807, 2.05) is 0 Å². The number of carbonyl (C=O) groups is 4. The molecule has 0 aromatic carbocycles. The van der Waals surface area contributed by atoms with Gasteiger partial charge in [-0.25, -0.2) is 9.13 Å². The Morgan fingerprint density at radius 1 is 0.310 bits per heavy atom. The van der Waals surface area contributed by atoms with E-state index in [2.05, 4.69) is 72.8 Å². The topological polar surface area (TPSA) is 237 Å². The van der Waals surface area contributed by atoms with Gasteiger partial charge in [0.15, 0.2) is 12.2 Å². The molecule has 0 fully saturated rings. The molecule has 0 aromatic rings. The van der Waals surface area contributed by atoms with E-state index in [0.717, 1.165) is 121 Å². The summed E-state index contributed by atoms with van der Waals surface area (Å²) in [5, 5.41) is 10.6. The molecule has 2 unspecified atom stereocenters. The fourth-order valence-electron chi connectivity index (χ4n) is 11.9. The van der Waals surface area contributed by atoms with Gasteiger partial charge < -0.3 is 33.8 Å². The predicted octanol–water partition coefficient (Wildman–Crippen LogP) is 23.7. The van der Waals surface area contributed by atoms with E-state index in [1.54, 1.807) is 0 Å². The van der Waals surface area contributed by atoms with Gasteiger partial charge in [0.05, 0.1) is 26.4 Å². The average molecular weight is 1460 g/mol. The molecule has 0 heterocycles. The van der Waals surface area contributed by atoms with Crippen molar-refractivity contribution in [1.82, 2.24) is 0 Å². The number of unbranched alkanes of at least 4 members (excludes halogenated alkanes) is 42. The number of phosphoric ester groups is 2. The van der Waals surface area contributed by atoms with Crippen molar-refractivity contribution in [2.24, 2.45) is 17.8 Å². The van der Waals surface area contributed by atoms with Crippen molar-refractivity contribution in [2.75, 3.05) is 39.6 Å². The van der Waals surface area contributed by atoms with Gasteiger partial charge in [0, 0.05) is 25.7 Å². The molecule has 0 spiro atoms. The van der Waals surface area contributed by atoms with Crippen molar-refractivity contribution < 1.29 is 80.2 Å². The first-order valence-electron chi connectivity index (χ1n) is 41.2. The Labute approximate surface area is 612 Å². The summed E-state index contributed by atoms with van der Waals surface area (Å²) in [7, 11) is -9.93. The number of aliphatic hydroxyl groups excluding tert-OH is 1. The Morgan fingerprint density at radius 3 is 0.810 bits per heavy atom. The molecule has 100 heavy (non-hydrogen) atoms. The van der Waals surface area contributed by atoms with Gasteiger partial charge in [-0.15, -0.1) is 0 Å². The highest BCUT2D eigenvalue weighted by Gasteiger charge is 2.30. The highest BCUT2D eigenvalue weighted by molar-refractivity contribution is 7.47. The molecule has 0 radical (unpaired) electrons. The van der Waals surface area contributed by atoms with Gasteiger partial charge in [-0.05, 0) is 69.1 Å². The molecule has 0 rings (SSSR count). The molecule has 0 saturated heterocycles. The summed E-state index contributed by atoms with van der Waals surface area (Å²) in [5.74, 6) is 0.139. The van der Waals surface area contributed by atoms with Crippen LogP contribution in [0.5, 0.6) is 0 Å². The van der Waals surface area contributed by atoms with Crippen LogP contribution < -0.4 is 0 Å². The SMILES string of the molecule is CCCCCC/C=C\C=C/CCCCCCCC(=O)O[C@H](COC(=O)CCCCCCCCC(C)C)COP(=O)(O)OC[C@H](O)COP(=O)(O)OC[C@@H](COC(=O)CCCCCCCCCCCCCCCCCC(C)C)OC(=O)CCCCCCCCCCCCCCCCCC(C)C. The van der Waals surface area contributed by atoms with Crippen LogP contribution in [0.4, 0.5) is 0 Å². The second-order valence-corrected chi connectivity index (χ2v) is 32.8. The number of hydrogen-bond donors (Lipinski definition) is 3. The Kier molecular flexibility index (Phi) is 69.1. The molecule has 17 nitrogen and oxygen atoms in total. The Morgan fingerprint density at radius 2 is 0.540 bits per heavy atom. The minimum Gasteiger partial charge on any atom is -0.462 e. The first-order chi connectivity index (χ1) is 48.2. The monoisotopic (exact) mass is 1460 g/mol. The molecule has 0 aliphatic carbocycles. The van der Waals surface area contributed by atoms with Crippen molar-refractivity contribution in [3.8, 4) is 0 Å². The maximum absolute atomic E-state index is 13.1. The number of rotatable bonds is 77. The number of ether oxygens (including phenoxy) is 4. The van der Waals surface area contributed by atoms with Gasteiger partial charge in [0.25, 0.3) is 0 Å². The molecule has 3 N–H and O–H groups in total. The zero-order valence-corrected chi connectivity index (χ0v) is 66.9. The zero-order valence-electron chi connectivity index (χ0n) is 65.2. The van der Waals surface area contributed by atoms with Crippen LogP contribution in [0.1, 0.15) is 395 Å². The normalized spacial score (nSPS) is 14.1. The largest absolute Gasteiger partial charge is 0.472 e. The number of aliphatic hydroxyl groups is 1. The number of esters is 4. The third-order valence-electron chi connectivity index (χ3n) is 18.3. The maximum atomic E-state index is 13.1. The van der Waals surface area contributed by atoms with Gasteiger partial charge in [0.1, 0.15) is 19.3 Å². The van der Waals surface area contributed by atoms with Crippen LogP contribution in [0.15, 0.2) is 24.3 Å². The summed E-state index contributed by atoms with van der Waals surface area (Å²) in [5.41, 5.74) is 0. The number of carbonyl (C=O) groups excluding carboxylic acids is 4. The summed E-state index contributed by atoms with van der Waals surface area (Å²) >= 11 is 0. The van der Waals surface area contributed by atoms with E-state index >= 15 is 0 Å². The third-order valence-corrected chi connectivity index (χ3v) is 20.2. The Hall–Kier alpha value is -2.46. The molecule has 0 saturated carbocycles. The number of phosphoric acid groups is 2. The van der Waals surface area contributed by atoms with E-state index in [0.29, 0.717) is 31.6 Å². The highest BCUT2D eigenvalue weighted by atomic mass is 31.2. The van der Waals surface area contributed by atoms with Crippen molar-refractivity contribution in [1.29, 1.82) is 0 Å². The predicted molar refractivity (Wildman–Crippen MR) is 409 cm³/mol. The maximum Gasteiger partial charge on any atom is 0.472 e. The van der Waals surface area contributed by atoms with Crippen LogP contribution in [0.2, 0.25) is 0 Å². The lowest BCUT2D eigenvalue weighted by atomic mass is 10.0. The molecule has 0 bridgehead atoms. The van der Waals surface area contributed by atoms with E-state index in [-0.39, 0.29) is 25.7 Å². The minimum atomic E-state index is -4.97. The summed E-state index contributed by atoms with van der Waals surface area (Å²) in [6.45, 7) is 11.8. The smallest absolute Gasteiger partial charge is 0.462 e. The van der Waals surface area contributed by atoms with Crippen molar-refractivity contribution in [2.45, 2.75) is 414 Å². The number of allylic oxidation sites excluding steroid dienone is 4. The summed E-state index contributed by atoms with van der Waals surface area (Å²) in [6.07, 6.45) is 62.0. The molecular formula is C81H154O17P2. The molecular weight excluding hydrogens is 1310 g/mol. The average Bonchev–Trinajstić information content (AvgIpc) is 0.919. The molecule has 590 valence electrons. The van der Waals surface area contributed by atoms with Crippen LogP contribution in [0.3, 0.4) is 0 Å². The molecule has 0 aliphatic heterocycles. The van der Waals surface area contributed by atoms with Crippen molar-refractivity contribution in [3.05, 3.63) is 24.3 Å². The standard InChI is InChI=1S/C81H154O17P2/c1-8-9-10-11-12-13-14-15-18-26-31-36-41-50-57-65-81(86)98-77(69-92-79(84)63-56-49-44-43-47-54-61-74(6)7)71-96-100(89,90)94-67-75(82)66-93-99(87,88)95-70-76(97-80(85)64-58-51-42-37-32-27-22-17-20-24-29-34-39-46-53-60-73(4)5)68-91-78(83)62-55-48-40-35-30-25-21-16-19-23-28-33-38-45-52-59-72(2)3/h13-15,18,72-77,82H,8-12,16-17,19-71H2,1-7H3,(H,87,88)(H,89,90)/b14-13-,18-15-/t75-,76-,77-/m1/s1. The molecule has 19 heteroatoms. The van der Waals surface area contributed by atoms with E-state index < -0.39 is 97.5 Å². The first-order valence-corrected chi connectivity index (χ1v) is 44.2. The second kappa shape index (κ2) is 70.8. The van der Waals surface area contributed by atoms with E-state index in [1.165, 1.54) is 186 Å². The van der Waals surface area contributed by atoms with Crippen LogP contribution >= 0.6 is 15.6 Å². The van der Waals surface area contributed by atoms with E-state index in [4.69, 9.17) is 37.0 Å². The van der Waals surface area contributed by atoms with Gasteiger partial charge in [0.2, 0.25) is 0 Å². The molecule has 0 amide bonds. The molecule has 0 aliphatic rings. The highest BCUT2D eigenvalue weighted by Crippen LogP contribution is 2.45. The number of hydrogen-bond acceptors (Lipinski definition) is 15. The van der Waals surface area contributed by atoms with E-state index in [9.17, 15) is 43.2 Å². The lowest BCUT2D eigenvalue weighted by Gasteiger charge is -2.21.